The Morgan fingerprint density at radius 3 is 2.17 bits per heavy atom. The molecule has 0 bridgehead atoms. The molecule has 4 rings (SSSR count). The van der Waals surface area contributed by atoms with Crippen LogP contribution >= 0.6 is 0 Å². The van der Waals surface area contributed by atoms with E-state index in [0.717, 1.165) is 31.2 Å². The van der Waals surface area contributed by atoms with Crippen LogP contribution in [0.5, 0.6) is 11.5 Å². The predicted octanol–water partition coefficient (Wildman–Crippen LogP) is 5.43. The lowest BCUT2D eigenvalue weighted by molar-refractivity contribution is -0.142. The monoisotopic (exact) mass is 572 g/mol. The van der Waals surface area contributed by atoms with Crippen LogP contribution in [0, 0.1) is 0 Å². The summed E-state index contributed by atoms with van der Waals surface area (Å²) in [6.45, 7) is 0.220. The number of benzene rings is 2. The van der Waals surface area contributed by atoms with Crippen LogP contribution < -0.4 is 20.1 Å². The number of aromatic nitrogens is 1. The number of carbonyl (C=O) groups excluding carboxylic acids is 3. The van der Waals surface area contributed by atoms with Gasteiger partial charge < -0.3 is 25.0 Å². The molecule has 222 valence electrons. The summed E-state index contributed by atoms with van der Waals surface area (Å²) in [6.07, 6.45) is 7.38. The maximum Gasteiger partial charge on any atom is 0.247 e. The average Bonchev–Trinajstić information content (AvgIpc) is 3.02. The number of amides is 3. The summed E-state index contributed by atoms with van der Waals surface area (Å²) in [5, 5.41) is 5.99. The summed E-state index contributed by atoms with van der Waals surface area (Å²) in [5.74, 6) is 1.20. The molecule has 1 atom stereocenters. The van der Waals surface area contributed by atoms with Crippen LogP contribution in [0.25, 0.3) is 0 Å². The molecule has 0 radical (unpaired) electrons. The molecule has 1 aliphatic rings. The lowest BCUT2D eigenvalue weighted by Gasteiger charge is -2.33. The van der Waals surface area contributed by atoms with E-state index < -0.39 is 6.04 Å². The maximum absolute atomic E-state index is 14.0. The fourth-order valence-electron chi connectivity index (χ4n) is 5.22. The molecule has 1 fully saturated rings. The summed E-state index contributed by atoms with van der Waals surface area (Å²) < 4.78 is 10.6. The Labute approximate surface area is 247 Å². The Bertz CT molecular complexity index is 1290. The van der Waals surface area contributed by atoms with Crippen molar-refractivity contribution in [3.05, 3.63) is 84.1 Å². The summed E-state index contributed by atoms with van der Waals surface area (Å²) in [4.78, 5) is 46.1. The fraction of sp³-hybridized carbons (Fsp3) is 0.394. The second kappa shape index (κ2) is 15.6. The number of anilines is 1. The maximum atomic E-state index is 14.0. The van der Waals surface area contributed by atoms with E-state index in [1.54, 1.807) is 55.6 Å². The second-order valence-electron chi connectivity index (χ2n) is 10.5. The van der Waals surface area contributed by atoms with E-state index in [4.69, 9.17) is 9.47 Å². The van der Waals surface area contributed by atoms with E-state index in [2.05, 4.69) is 15.6 Å². The Balaban J connectivity index is 1.56. The number of ether oxygens (including phenoxy) is 2. The van der Waals surface area contributed by atoms with E-state index in [9.17, 15) is 14.4 Å². The van der Waals surface area contributed by atoms with Gasteiger partial charge in [-0.2, -0.15) is 0 Å². The molecule has 2 N–H and O–H groups in total. The minimum atomic E-state index is -0.852. The highest BCUT2D eigenvalue weighted by molar-refractivity contribution is 5.91. The first-order valence-electron chi connectivity index (χ1n) is 14.5. The molecule has 3 amide bonds. The Hall–Kier alpha value is -4.40. The van der Waals surface area contributed by atoms with Crippen molar-refractivity contribution in [3.63, 3.8) is 0 Å². The van der Waals surface area contributed by atoms with Gasteiger partial charge in [-0.3, -0.25) is 14.4 Å². The minimum Gasteiger partial charge on any atom is -0.497 e. The molecular weight excluding hydrogens is 532 g/mol. The van der Waals surface area contributed by atoms with Crippen molar-refractivity contribution in [1.82, 2.24) is 15.2 Å². The molecule has 3 aromatic rings. The van der Waals surface area contributed by atoms with E-state index >= 15 is 0 Å². The van der Waals surface area contributed by atoms with Gasteiger partial charge in [-0.05, 0) is 66.8 Å². The minimum absolute atomic E-state index is 0.0835. The van der Waals surface area contributed by atoms with E-state index in [1.807, 2.05) is 36.4 Å². The van der Waals surface area contributed by atoms with Gasteiger partial charge in [0.05, 0.1) is 14.2 Å². The number of pyridine rings is 1. The first-order valence-corrected chi connectivity index (χ1v) is 14.5. The zero-order valence-electron chi connectivity index (χ0n) is 24.4. The van der Waals surface area contributed by atoms with Gasteiger partial charge in [0.2, 0.25) is 17.7 Å². The normalized spacial score (nSPS) is 14.0. The first-order chi connectivity index (χ1) is 20.5. The van der Waals surface area contributed by atoms with Gasteiger partial charge in [0.25, 0.3) is 0 Å². The third kappa shape index (κ3) is 8.80. The van der Waals surface area contributed by atoms with Crippen molar-refractivity contribution < 1.29 is 23.9 Å². The first kappa shape index (κ1) is 30.6. The molecule has 1 aromatic heterocycles. The lowest BCUT2D eigenvalue weighted by Crippen LogP contribution is -2.46. The number of nitrogens with one attached hydrogen (secondary N) is 2. The smallest absolute Gasteiger partial charge is 0.247 e. The van der Waals surface area contributed by atoms with Crippen molar-refractivity contribution in [2.24, 2.45) is 0 Å². The second-order valence-corrected chi connectivity index (χ2v) is 10.5. The van der Waals surface area contributed by atoms with Crippen LogP contribution in [0.15, 0.2) is 72.9 Å². The third-order valence-electron chi connectivity index (χ3n) is 7.50. The van der Waals surface area contributed by atoms with Crippen molar-refractivity contribution in [3.8, 4) is 11.5 Å². The quantitative estimate of drug-likeness (QED) is 0.283. The topological polar surface area (TPSA) is 110 Å². The van der Waals surface area contributed by atoms with Crippen LogP contribution in [0.2, 0.25) is 0 Å². The van der Waals surface area contributed by atoms with Crippen LogP contribution in [-0.2, 0) is 20.9 Å². The molecule has 2 aromatic carbocycles. The highest BCUT2D eigenvalue weighted by Crippen LogP contribution is 2.28. The molecule has 1 aliphatic carbocycles. The molecule has 9 heteroatoms. The van der Waals surface area contributed by atoms with Gasteiger partial charge >= 0.3 is 0 Å². The summed E-state index contributed by atoms with van der Waals surface area (Å²) in [7, 11) is 3.19. The molecule has 42 heavy (non-hydrogen) atoms. The van der Waals surface area contributed by atoms with Gasteiger partial charge in [-0.25, -0.2) is 4.98 Å². The van der Waals surface area contributed by atoms with E-state index in [-0.39, 0.29) is 43.1 Å². The van der Waals surface area contributed by atoms with Crippen LogP contribution in [0.1, 0.15) is 68.5 Å². The zero-order valence-corrected chi connectivity index (χ0v) is 24.4. The molecule has 0 aliphatic heterocycles. The molecule has 0 saturated heterocycles. The molecular formula is C33H40N4O5. The van der Waals surface area contributed by atoms with Gasteiger partial charge in [-0.15, -0.1) is 0 Å². The third-order valence-corrected chi connectivity index (χ3v) is 7.50. The highest BCUT2D eigenvalue weighted by atomic mass is 16.5. The number of hydrogen-bond acceptors (Lipinski definition) is 6. The average molecular weight is 573 g/mol. The van der Waals surface area contributed by atoms with E-state index in [0.29, 0.717) is 29.3 Å². The number of hydrogen-bond donors (Lipinski definition) is 2. The number of methoxy groups -OCH3 is 2. The Morgan fingerprint density at radius 1 is 0.881 bits per heavy atom. The van der Waals surface area contributed by atoms with Crippen LogP contribution in [0.4, 0.5) is 5.82 Å². The number of rotatable bonds is 13. The van der Waals surface area contributed by atoms with Gasteiger partial charge in [-0.1, -0.05) is 49.6 Å². The lowest BCUT2D eigenvalue weighted by atomic mass is 9.94. The molecule has 9 nitrogen and oxygen atoms in total. The fourth-order valence-corrected chi connectivity index (χ4v) is 5.22. The van der Waals surface area contributed by atoms with Crippen LogP contribution in [-0.4, -0.2) is 47.9 Å². The summed E-state index contributed by atoms with van der Waals surface area (Å²) in [5.41, 5.74) is 1.56. The molecule has 1 saturated carbocycles. The largest absolute Gasteiger partial charge is 0.497 e. The molecule has 0 spiro atoms. The van der Waals surface area contributed by atoms with Crippen molar-refractivity contribution >= 4 is 23.5 Å². The Morgan fingerprint density at radius 2 is 1.55 bits per heavy atom. The molecule has 0 unspecified atom stereocenters. The van der Waals surface area contributed by atoms with Crippen molar-refractivity contribution in [1.29, 1.82) is 0 Å². The van der Waals surface area contributed by atoms with Gasteiger partial charge in [0.1, 0.15) is 23.4 Å². The highest BCUT2D eigenvalue weighted by Gasteiger charge is 2.33. The van der Waals surface area contributed by atoms with Gasteiger partial charge in [0.15, 0.2) is 0 Å². The zero-order chi connectivity index (χ0) is 29.7. The van der Waals surface area contributed by atoms with E-state index in [1.165, 1.54) is 6.42 Å². The SMILES string of the molecule is COc1ccc(CN(C(=O)CCCC(=O)Nc2ccccn2)[C@H](C(=O)NC2CCCCC2)c2ccc(OC)cc2)cc1. The standard InChI is InChI=1S/C33H40N4O5/c1-41-27-18-14-24(15-19-27)23-37(31(39)13-8-12-30(38)36-29-11-6-7-22-34-29)32(25-16-20-28(42-2)21-17-25)33(40)35-26-9-4-3-5-10-26/h6-7,11,14-22,26,32H,3-5,8-10,12-13,23H2,1-2H3,(H,35,40)(H,34,36,38)/t32-/m0/s1. The van der Waals surface area contributed by atoms with Gasteiger partial charge in [0, 0.05) is 31.6 Å². The van der Waals surface area contributed by atoms with Crippen molar-refractivity contribution in [2.75, 3.05) is 19.5 Å². The van der Waals surface area contributed by atoms with Crippen LogP contribution in [0.3, 0.4) is 0 Å². The summed E-state index contributed by atoms with van der Waals surface area (Å²) >= 11 is 0. The van der Waals surface area contributed by atoms with Crippen molar-refractivity contribution in [2.45, 2.75) is 70.0 Å². The molecule has 1 heterocycles. The number of carbonyl (C=O) groups is 3. The number of nitrogens with zero attached hydrogens (tertiary/aromatic N) is 2. The summed E-state index contributed by atoms with van der Waals surface area (Å²) in [6, 6.07) is 19.2. The Kier molecular flexibility index (Phi) is 11.3. The predicted molar refractivity (Wildman–Crippen MR) is 161 cm³/mol.